The summed E-state index contributed by atoms with van der Waals surface area (Å²) in [5.74, 6) is 0.384. The number of aliphatic hydroxyl groups is 1. The van der Waals surface area contributed by atoms with Gasteiger partial charge >= 0.3 is 12.0 Å². The molecular formula is C22H33N3O6. The standard InChI is InChI=1S/C22H33N3O6/c1-6-25(7-2)12-16(26)13-31-18-11-15(9-10-17(18)29-5)20-19(21(27)30-8-3)14(4)23-22(28)24-20/h9-11,16,20,26H,6-8,12-13H2,1-5H3,(H2,23,24,28). The minimum atomic E-state index is -0.707. The highest BCUT2D eigenvalue weighted by atomic mass is 16.5. The minimum absolute atomic E-state index is 0.0779. The summed E-state index contributed by atoms with van der Waals surface area (Å²) in [5, 5.41) is 15.7. The molecule has 1 heterocycles. The van der Waals surface area contributed by atoms with Crippen LogP contribution in [0.15, 0.2) is 29.5 Å². The van der Waals surface area contributed by atoms with Gasteiger partial charge in [-0.2, -0.15) is 0 Å². The van der Waals surface area contributed by atoms with E-state index in [0.717, 1.165) is 13.1 Å². The Bertz CT molecular complexity index is 806. The van der Waals surface area contributed by atoms with Crippen LogP contribution >= 0.6 is 0 Å². The second kappa shape index (κ2) is 11.6. The number of ether oxygens (including phenoxy) is 3. The third-order valence-electron chi connectivity index (χ3n) is 5.08. The molecule has 2 unspecified atom stereocenters. The number of carbonyl (C=O) groups is 2. The Hall–Kier alpha value is -2.78. The van der Waals surface area contributed by atoms with Crippen molar-refractivity contribution in [2.75, 3.05) is 40.0 Å². The Balaban J connectivity index is 2.28. The molecule has 2 atom stereocenters. The number of likely N-dealkylation sites (N-methyl/N-ethyl adjacent to an activating group) is 1. The molecule has 0 spiro atoms. The number of carbonyl (C=O) groups excluding carboxylic acids is 2. The van der Waals surface area contributed by atoms with Crippen molar-refractivity contribution in [1.82, 2.24) is 15.5 Å². The summed E-state index contributed by atoms with van der Waals surface area (Å²) in [6.45, 7) is 9.92. The molecule has 1 aromatic rings. The SMILES string of the molecule is CCOC(=O)C1=C(C)NC(=O)NC1c1ccc(OC)c(OCC(O)CN(CC)CC)c1. The number of hydrogen-bond acceptors (Lipinski definition) is 7. The highest BCUT2D eigenvalue weighted by Gasteiger charge is 2.32. The molecule has 3 N–H and O–H groups in total. The van der Waals surface area contributed by atoms with Crippen molar-refractivity contribution in [3.8, 4) is 11.5 Å². The predicted molar refractivity (Wildman–Crippen MR) is 116 cm³/mol. The second-order valence-electron chi connectivity index (χ2n) is 7.15. The van der Waals surface area contributed by atoms with E-state index in [1.165, 1.54) is 7.11 Å². The van der Waals surface area contributed by atoms with Gasteiger partial charge in [-0.1, -0.05) is 19.9 Å². The van der Waals surface area contributed by atoms with Gasteiger partial charge in [-0.05, 0) is 44.6 Å². The zero-order valence-electron chi connectivity index (χ0n) is 18.9. The van der Waals surface area contributed by atoms with Crippen molar-refractivity contribution in [2.24, 2.45) is 0 Å². The number of allylic oxidation sites excluding steroid dienone is 1. The van der Waals surface area contributed by atoms with E-state index in [1.807, 2.05) is 13.8 Å². The van der Waals surface area contributed by atoms with Gasteiger partial charge in [0, 0.05) is 12.2 Å². The molecule has 1 aromatic carbocycles. The number of aliphatic hydroxyl groups excluding tert-OH is 1. The Labute approximate surface area is 183 Å². The number of amides is 2. The molecular weight excluding hydrogens is 402 g/mol. The van der Waals surface area contributed by atoms with E-state index in [9.17, 15) is 14.7 Å². The van der Waals surface area contributed by atoms with Crippen LogP contribution in [0.3, 0.4) is 0 Å². The summed E-state index contributed by atoms with van der Waals surface area (Å²) >= 11 is 0. The van der Waals surface area contributed by atoms with Crippen LogP contribution in [0.1, 0.15) is 39.3 Å². The van der Waals surface area contributed by atoms with E-state index in [2.05, 4.69) is 15.5 Å². The first-order chi connectivity index (χ1) is 14.8. The number of rotatable bonds is 11. The van der Waals surface area contributed by atoms with E-state index in [1.54, 1.807) is 32.0 Å². The van der Waals surface area contributed by atoms with Crippen LogP contribution in [0.4, 0.5) is 4.79 Å². The molecule has 0 fully saturated rings. The molecule has 0 radical (unpaired) electrons. The molecule has 9 heteroatoms. The summed E-state index contributed by atoms with van der Waals surface area (Å²) in [6, 6.07) is 4.03. The molecule has 172 valence electrons. The first-order valence-corrected chi connectivity index (χ1v) is 10.5. The van der Waals surface area contributed by atoms with Crippen LogP contribution in [0.2, 0.25) is 0 Å². The van der Waals surface area contributed by atoms with E-state index < -0.39 is 24.1 Å². The molecule has 0 aliphatic carbocycles. The van der Waals surface area contributed by atoms with Crippen molar-refractivity contribution >= 4 is 12.0 Å². The second-order valence-corrected chi connectivity index (χ2v) is 7.15. The van der Waals surface area contributed by atoms with Gasteiger partial charge in [0.25, 0.3) is 0 Å². The van der Waals surface area contributed by atoms with Crippen LogP contribution in [-0.4, -0.2) is 68.1 Å². The molecule has 2 rings (SSSR count). The summed E-state index contributed by atoms with van der Waals surface area (Å²) in [6.07, 6.45) is -0.677. The number of nitrogens with one attached hydrogen (secondary N) is 2. The molecule has 0 aromatic heterocycles. The first-order valence-electron chi connectivity index (χ1n) is 10.5. The van der Waals surface area contributed by atoms with Crippen LogP contribution in [0.25, 0.3) is 0 Å². The predicted octanol–water partition coefficient (Wildman–Crippen LogP) is 1.97. The maximum atomic E-state index is 12.5. The lowest BCUT2D eigenvalue weighted by molar-refractivity contribution is -0.139. The molecule has 0 saturated heterocycles. The Morgan fingerprint density at radius 2 is 1.94 bits per heavy atom. The van der Waals surface area contributed by atoms with Gasteiger partial charge in [0.1, 0.15) is 12.7 Å². The molecule has 0 saturated carbocycles. The maximum Gasteiger partial charge on any atom is 0.338 e. The van der Waals surface area contributed by atoms with Gasteiger partial charge in [-0.15, -0.1) is 0 Å². The number of urea groups is 1. The number of benzene rings is 1. The average Bonchev–Trinajstić information content (AvgIpc) is 2.75. The fourth-order valence-electron chi connectivity index (χ4n) is 3.43. The zero-order chi connectivity index (χ0) is 23.0. The van der Waals surface area contributed by atoms with Gasteiger partial charge in [-0.25, -0.2) is 9.59 Å². The fourth-order valence-corrected chi connectivity index (χ4v) is 3.43. The lowest BCUT2D eigenvalue weighted by Crippen LogP contribution is -2.45. The normalized spacial score (nSPS) is 17.1. The largest absolute Gasteiger partial charge is 0.493 e. The summed E-state index contributed by atoms with van der Waals surface area (Å²) in [4.78, 5) is 26.7. The van der Waals surface area contributed by atoms with Gasteiger partial charge in [0.2, 0.25) is 0 Å². The highest BCUT2D eigenvalue weighted by Crippen LogP contribution is 2.34. The molecule has 9 nitrogen and oxygen atoms in total. The first kappa shape index (κ1) is 24.5. The van der Waals surface area contributed by atoms with Crippen LogP contribution < -0.4 is 20.1 Å². The lowest BCUT2D eigenvalue weighted by Gasteiger charge is -2.28. The number of esters is 1. The molecule has 0 bridgehead atoms. The highest BCUT2D eigenvalue weighted by molar-refractivity contribution is 5.95. The molecule has 2 amide bonds. The fraction of sp³-hybridized carbons (Fsp3) is 0.545. The minimum Gasteiger partial charge on any atom is -0.493 e. The topological polar surface area (TPSA) is 109 Å². The van der Waals surface area contributed by atoms with Gasteiger partial charge in [0.15, 0.2) is 11.5 Å². The monoisotopic (exact) mass is 435 g/mol. The van der Waals surface area contributed by atoms with Crippen LogP contribution in [0.5, 0.6) is 11.5 Å². The van der Waals surface area contributed by atoms with Crippen LogP contribution in [0, 0.1) is 0 Å². The average molecular weight is 436 g/mol. The summed E-state index contributed by atoms with van der Waals surface area (Å²) < 4.78 is 16.4. The van der Waals surface area contributed by atoms with Crippen molar-refractivity contribution in [3.05, 3.63) is 35.0 Å². The van der Waals surface area contributed by atoms with Crippen molar-refractivity contribution < 1.29 is 28.9 Å². The number of methoxy groups -OCH3 is 1. The molecule has 1 aliphatic heterocycles. The smallest absolute Gasteiger partial charge is 0.338 e. The Morgan fingerprint density at radius 1 is 1.23 bits per heavy atom. The Kier molecular flexibility index (Phi) is 9.14. The van der Waals surface area contributed by atoms with Gasteiger partial charge in [-0.3, -0.25) is 0 Å². The quantitative estimate of drug-likeness (QED) is 0.456. The van der Waals surface area contributed by atoms with E-state index >= 15 is 0 Å². The zero-order valence-corrected chi connectivity index (χ0v) is 18.9. The summed E-state index contributed by atoms with van der Waals surface area (Å²) in [5.41, 5.74) is 1.38. The van der Waals surface area contributed by atoms with Gasteiger partial charge in [0.05, 0.1) is 25.3 Å². The van der Waals surface area contributed by atoms with E-state index in [4.69, 9.17) is 14.2 Å². The van der Waals surface area contributed by atoms with Gasteiger partial charge < -0.3 is 34.9 Å². The van der Waals surface area contributed by atoms with Crippen molar-refractivity contribution in [3.63, 3.8) is 0 Å². The molecule has 1 aliphatic rings. The number of hydrogen-bond donors (Lipinski definition) is 3. The third kappa shape index (κ3) is 6.35. The maximum absolute atomic E-state index is 12.5. The van der Waals surface area contributed by atoms with E-state index in [-0.39, 0.29) is 13.2 Å². The van der Waals surface area contributed by atoms with E-state index in [0.29, 0.717) is 34.9 Å². The summed E-state index contributed by atoms with van der Waals surface area (Å²) in [7, 11) is 1.52. The van der Waals surface area contributed by atoms with Crippen molar-refractivity contribution in [1.29, 1.82) is 0 Å². The molecule has 31 heavy (non-hydrogen) atoms. The van der Waals surface area contributed by atoms with Crippen molar-refractivity contribution in [2.45, 2.75) is 39.8 Å². The Morgan fingerprint density at radius 3 is 2.55 bits per heavy atom. The number of nitrogens with zero attached hydrogens (tertiary/aromatic N) is 1. The van der Waals surface area contributed by atoms with Crippen LogP contribution in [-0.2, 0) is 9.53 Å². The third-order valence-corrected chi connectivity index (χ3v) is 5.08. The lowest BCUT2D eigenvalue weighted by atomic mass is 9.95.